The largest absolute Gasteiger partial charge is 0.350 e. The van der Waals surface area contributed by atoms with E-state index < -0.39 is 15.1 Å². The lowest BCUT2D eigenvalue weighted by atomic mass is 10.1. The van der Waals surface area contributed by atoms with E-state index in [9.17, 15) is 13.2 Å². The normalized spacial score (nSPS) is 12.5. The molecule has 0 spiro atoms. The average Bonchev–Trinajstić information content (AvgIpc) is 3.19. The Kier molecular flexibility index (Phi) is 5.77. The van der Waals surface area contributed by atoms with Gasteiger partial charge in [-0.1, -0.05) is 53.6 Å². The first-order valence-electron chi connectivity index (χ1n) is 8.57. The predicted molar refractivity (Wildman–Crippen MR) is 109 cm³/mol. The van der Waals surface area contributed by atoms with Crippen LogP contribution in [0.3, 0.4) is 0 Å². The fraction of sp³-hybridized carbons (Fsp3) is 0.190. The number of sulfone groups is 1. The third kappa shape index (κ3) is 4.46. The van der Waals surface area contributed by atoms with Gasteiger partial charge in [0.25, 0.3) is 5.91 Å². The van der Waals surface area contributed by atoms with Crippen LogP contribution < -0.4 is 5.32 Å². The zero-order valence-electron chi connectivity index (χ0n) is 15.2. The van der Waals surface area contributed by atoms with E-state index in [1.807, 2.05) is 50.2 Å². The van der Waals surface area contributed by atoms with Crippen molar-refractivity contribution in [3.63, 3.8) is 0 Å². The molecule has 0 saturated heterocycles. The molecule has 1 amide bonds. The first-order valence-corrected chi connectivity index (χ1v) is 11.0. The summed E-state index contributed by atoms with van der Waals surface area (Å²) in [6.07, 6.45) is 0. The van der Waals surface area contributed by atoms with E-state index in [2.05, 4.69) is 5.32 Å². The number of rotatable bonds is 6. The summed E-state index contributed by atoms with van der Waals surface area (Å²) in [6, 6.07) is 17.9. The number of benzene rings is 2. The molecule has 0 unspecified atom stereocenters. The van der Waals surface area contributed by atoms with E-state index in [-0.39, 0.29) is 12.5 Å². The summed E-state index contributed by atoms with van der Waals surface area (Å²) in [5.74, 6) is -0.284. The van der Waals surface area contributed by atoms with E-state index in [0.717, 1.165) is 11.1 Å². The molecule has 6 heteroatoms. The first-order chi connectivity index (χ1) is 12.9. The molecule has 1 N–H and O–H groups in total. The van der Waals surface area contributed by atoms with Gasteiger partial charge in [0.1, 0.15) is 9.46 Å². The van der Waals surface area contributed by atoms with Crippen molar-refractivity contribution < 1.29 is 13.2 Å². The SMILES string of the molecule is Cc1ccc(C(=O)NC[C@H](c2ccc(C)cc2)S(=O)(=O)c2cccs2)cc1. The molecule has 0 aliphatic heterocycles. The Morgan fingerprint density at radius 3 is 2.11 bits per heavy atom. The fourth-order valence-electron chi connectivity index (χ4n) is 2.75. The number of aryl methyl sites for hydroxylation is 2. The lowest BCUT2D eigenvalue weighted by Gasteiger charge is -2.18. The molecule has 27 heavy (non-hydrogen) atoms. The minimum atomic E-state index is -3.60. The maximum Gasteiger partial charge on any atom is 0.251 e. The Labute approximate surface area is 163 Å². The number of thiophene rings is 1. The highest BCUT2D eigenvalue weighted by atomic mass is 32.2. The van der Waals surface area contributed by atoms with Crippen LogP contribution in [0.4, 0.5) is 0 Å². The molecule has 140 valence electrons. The topological polar surface area (TPSA) is 63.2 Å². The smallest absolute Gasteiger partial charge is 0.251 e. The highest BCUT2D eigenvalue weighted by Gasteiger charge is 2.30. The van der Waals surface area contributed by atoms with Crippen LogP contribution in [0, 0.1) is 13.8 Å². The molecule has 1 aromatic heterocycles. The number of carbonyl (C=O) groups is 1. The second-order valence-electron chi connectivity index (χ2n) is 6.45. The molecule has 1 heterocycles. The fourth-order valence-corrected chi connectivity index (χ4v) is 5.61. The maximum atomic E-state index is 13.1. The van der Waals surface area contributed by atoms with Gasteiger partial charge < -0.3 is 5.32 Å². The molecule has 0 aliphatic carbocycles. The van der Waals surface area contributed by atoms with E-state index in [1.165, 1.54) is 11.3 Å². The molecule has 1 atom stereocenters. The van der Waals surface area contributed by atoms with Crippen LogP contribution in [0.15, 0.2) is 70.3 Å². The summed E-state index contributed by atoms with van der Waals surface area (Å²) in [6.45, 7) is 3.91. The van der Waals surface area contributed by atoms with Crippen molar-refractivity contribution in [2.45, 2.75) is 23.3 Å². The van der Waals surface area contributed by atoms with E-state index in [0.29, 0.717) is 15.3 Å². The first kappa shape index (κ1) is 19.3. The number of hydrogen-bond acceptors (Lipinski definition) is 4. The Hall–Kier alpha value is -2.44. The van der Waals surface area contributed by atoms with Crippen LogP contribution in [0.25, 0.3) is 0 Å². The average molecular weight is 400 g/mol. The van der Waals surface area contributed by atoms with Gasteiger partial charge in [0.2, 0.25) is 0 Å². The number of hydrogen-bond donors (Lipinski definition) is 1. The van der Waals surface area contributed by atoms with Crippen LogP contribution in [0.5, 0.6) is 0 Å². The summed E-state index contributed by atoms with van der Waals surface area (Å²) in [4.78, 5) is 12.5. The van der Waals surface area contributed by atoms with Crippen molar-refractivity contribution in [1.82, 2.24) is 5.32 Å². The Morgan fingerprint density at radius 2 is 1.56 bits per heavy atom. The van der Waals surface area contributed by atoms with E-state index >= 15 is 0 Å². The van der Waals surface area contributed by atoms with Gasteiger partial charge in [0, 0.05) is 12.1 Å². The molecule has 0 saturated carbocycles. The summed E-state index contributed by atoms with van der Waals surface area (Å²) in [5, 5.41) is 3.68. The van der Waals surface area contributed by atoms with Gasteiger partial charge in [-0.25, -0.2) is 8.42 Å². The third-order valence-corrected chi connectivity index (χ3v) is 7.89. The van der Waals surface area contributed by atoms with Crippen LogP contribution in [-0.2, 0) is 9.84 Å². The Morgan fingerprint density at radius 1 is 0.963 bits per heavy atom. The van der Waals surface area contributed by atoms with Gasteiger partial charge in [0.15, 0.2) is 9.84 Å². The molecule has 0 radical (unpaired) electrons. The minimum Gasteiger partial charge on any atom is -0.350 e. The molecule has 2 aromatic carbocycles. The zero-order valence-corrected chi connectivity index (χ0v) is 16.8. The molecule has 3 rings (SSSR count). The second kappa shape index (κ2) is 8.06. The number of amides is 1. The van der Waals surface area contributed by atoms with Crippen molar-refractivity contribution in [2.75, 3.05) is 6.54 Å². The number of carbonyl (C=O) groups excluding carboxylic acids is 1. The van der Waals surface area contributed by atoms with Gasteiger partial charge in [-0.15, -0.1) is 11.3 Å². The van der Waals surface area contributed by atoms with E-state index in [1.54, 1.807) is 29.6 Å². The molecule has 3 aromatic rings. The van der Waals surface area contributed by atoms with Gasteiger partial charge >= 0.3 is 0 Å². The molecule has 4 nitrogen and oxygen atoms in total. The minimum absolute atomic E-state index is 0.00992. The maximum absolute atomic E-state index is 13.1. The molecular formula is C21H21NO3S2. The van der Waals surface area contributed by atoms with Crippen molar-refractivity contribution >= 4 is 27.1 Å². The van der Waals surface area contributed by atoms with Gasteiger partial charge in [-0.3, -0.25) is 4.79 Å². The van der Waals surface area contributed by atoms with Crippen molar-refractivity contribution in [1.29, 1.82) is 0 Å². The lowest BCUT2D eigenvalue weighted by Crippen LogP contribution is -2.31. The summed E-state index contributed by atoms with van der Waals surface area (Å²) >= 11 is 1.19. The number of nitrogens with one attached hydrogen (secondary N) is 1. The van der Waals surface area contributed by atoms with Crippen molar-refractivity contribution in [3.8, 4) is 0 Å². The highest BCUT2D eigenvalue weighted by molar-refractivity contribution is 7.93. The lowest BCUT2D eigenvalue weighted by molar-refractivity contribution is 0.0953. The van der Waals surface area contributed by atoms with Gasteiger partial charge in [-0.05, 0) is 43.0 Å². The highest BCUT2D eigenvalue weighted by Crippen LogP contribution is 2.31. The van der Waals surface area contributed by atoms with E-state index in [4.69, 9.17) is 0 Å². The van der Waals surface area contributed by atoms with Crippen LogP contribution in [0.2, 0.25) is 0 Å². The van der Waals surface area contributed by atoms with Gasteiger partial charge in [-0.2, -0.15) is 0 Å². The van der Waals surface area contributed by atoms with Gasteiger partial charge in [0.05, 0.1) is 0 Å². The van der Waals surface area contributed by atoms with Crippen molar-refractivity contribution in [3.05, 3.63) is 88.3 Å². The Bertz CT molecular complexity index is 1010. The third-order valence-electron chi connectivity index (χ3n) is 4.36. The zero-order chi connectivity index (χ0) is 19.4. The molecule has 0 fully saturated rings. The molecule has 0 bridgehead atoms. The summed E-state index contributed by atoms with van der Waals surface area (Å²) < 4.78 is 26.6. The van der Waals surface area contributed by atoms with Crippen LogP contribution >= 0.6 is 11.3 Å². The quantitative estimate of drug-likeness (QED) is 0.672. The molecule has 0 aliphatic rings. The standard InChI is InChI=1S/C21H21NO3S2/c1-15-5-9-17(10-6-15)19(27(24,25)20-4-3-13-26-20)14-22-21(23)18-11-7-16(2)8-12-18/h3-13,19H,14H2,1-2H3,(H,22,23)/t19-/m1/s1. The monoisotopic (exact) mass is 399 g/mol. The molecular weight excluding hydrogens is 378 g/mol. The summed E-state index contributed by atoms with van der Waals surface area (Å²) in [7, 11) is -3.60. The Balaban J connectivity index is 1.87. The van der Waals surface area contributed by atoms with Crippen LogP contribution in [-0.4, -0.2) is 20.9 Å². The predicted octanol–water partition coefficient (Wildman–Crippen LogP) is 4.31. The second-order valence-corrected chi connectivity index (χ2v) is 9.76. The van der Waals surface area contributed by atoms with Crippen LogP contribution in [0.1, 0.15) is 32.3 Å². The summed E-state index contributed by atoms with van der Waals surface area (Å²) in [5.41, 5.74) is 3.29. The van der Waals surface area contributed by atoms with Crippen molar-refractivity contribution in [2.24, 2.45) is 0 Å².